The molecule has 2 fully saturated rings. The van der Waals surface area contributed by atoms with E-state index < -0.39 is 0 Å². The number of rotatable bonds is 2. The molecule has 0 bridgehead atoms. The van der Waals surface area contributed by atoms with Gasteiger partial charge in [0.15, 0.2) is 0 Å². The van der Waals surface area contributed by atoms with E-state index in [1.54, 1.807) is 4.90 Å². The molecule has 20 heavy (non-hydrogen) atoms. The third kappa shape index (κ3) is 1.81. The fourth-order valence-electron chi connectivity index (χ4n) is 3.80. The molecule has 4 heteroatoms. The van der Waals surface area contributed by atoms with Gasteiger partial charge in [0.2, 0.25) is 11.8 Å². The second-order valence-electron chi connectivity index (χ2n) is 5.98. The Hall–Kier alpha value is -1.29. The maximum Gasteiger partial charge on any atom is 0.233 e. The smallest absolute Gasteiger partial charge is 0.233 e. The summed E-state index contributed by atoms with van der Waals surface area (Å²) in [6, 6.07) is 8.37. The Morgan fingerprint density at radius 3 is 2.50 bits per heavy atom. The maximum absolute atomic E-state index is 12.4. The summed E-state index contributed by atoms with van der Waals surface area (Å²) in [6.45, 7) is 0.587. The molecule has 1 saturated heterocycles. The van der Waals surface area contributed by atoms with Crippen LogP contribution in [0.5, 0.6) is 0 Å². The minimum Gasteiger partial charge on any atom is -0.281 e. The third-order valence-electron chi connectivity index (χ3n) is 4.78. The molecule has 1 saturated carbocycles. The fourth-order valence-corrected chi connectivity index (χ4v) is 5.10. The summed E-state index contributed by atoms with van der Waals surface area (Å²) in [7, 11) is 0. The molecule has 3 unspecified atom stereocenters. The van der Waals surface area contributed by atoms with Gasteiger partial charge in [-0.3, -0.25) is 14.5 Å². The van der Waals surface area contributed by atoms with E-state index in [0.29, 0.717) is 11.8 Å². The van der Waals surface area contributed by atoms with Crippen molar-refractivity contribution in [3.05, 3.63) is 29.8 Å². The first kappa shape index (κ1) is 12.5. The highest BCUT2D eigenvalue weighted by atomic mass is 32.2. The van der Waals surface area contributed by atoms with Gasteiger partial charge in [-0.2, -0.15) is 0 Å². The minimum absolute atomic E-state index is 0.00345. The zero-order valence-corrected chi connectivity index (χ0v) is 12.1. The average molecular weight is 287 g/mol. The quantitative estimate of drug-likeness (QED) is 0.784. The summed E-state index contributed by atoms with van der Waals surface area (Å²) in [4.78, 5) is 27.6. The number of likely N-dealkylation sites (tertiary alicyclic amines) is 1. The van der Waals surface area contributed by atoms with Crippen molar-refractivity contribution in [2.24, 2.45) is 11.8 Å². The Morgan fingerprint density at radius 2 is 1.80 bits per heavy atom. The van der Waals surface area contributed by atoms with E-state index in [1.165, 1.54) is 10.5 Å². The number of benzene rings is 1. The monoisotopic (exact) mass is 287 g/mol. The predicted octanol–water partition coefficient (Wildman–Crippen LogP) is 2.49. The summed E-state index contributed by atoms with van der Waals surface area (Å²) < 4.78 is 0. The molecule has 2 heterocycles. The van der Waals surface area contributed by atoms with Gasteiger partial charge in [0.1, 0.15) is 0 Å². The van der Waals surface area contributed by atoms with Crippen LogP contribution < -0.4 is 0 Å². The number of thioether (sulfide) groups is 1. The van der Waals surface area contributed by atoms with Gasteiger partial charge in [0.25, 0.3) is 0 Å². The van der Waals surface area contributed by atoms with Gasteiger partial charge in [-0.1, -0.05) is 24.6 Å². The Kier molecular flexibility index (Phi) is 2.88. The van der Waals surface area contributed by atoms with Crippen molar-refractivity contribution in [2.45, 2.75) is 35.8 Å². The molecule has 0 N–H and O–H groups in total. The molecule has 0 spiro atoms. The van der Waals surface area contributed by atoms with Crippen LogP contribution in [0.4, 0.5) is 0 Å². The van der Waals surface area contributed by atoms with E-state index in [-0.39, 0.29) is 23.7 Å². The van der Waals surface area contributed by atoms with E-state index in [4.69, 9.17) is 0 Å². The standard InChI is InChI=1S/C16H17NO2S/c18-15-12-5-3-6-13(12)16(19)17(15)9-11-8-10-4-1-2-7-14(10)20-11/h1-2,4,7,11-13H,3,5-6,8-9H2. The molecule has 1 aliphatic carbocycles. The van der Waals surface area contributed by atoms with Crippen LogP contribution in [0.2, 0.25) is 0 Å². The number of nitrogens with zero attached hydrogens (tertiary/aromatic N) is 1. The largest absolute Gasteiger partial charge is 0.281 e. The van der Waals surface area contributed by atoms with Crippen molar-refractivity contribution in [3.8, 4) is 0 Å². The van der Waals surface area contributed by atoms with Crippen LogP contribution >= 0.6 is 11.8 Å². The molecular weight excluding hydrogens is 270 g/mol. The first-order chi connectivity index (χ1) is 9.74. The van der Waals surface area contributed by atoms with Gasteiger partial charge >= 0.3 is 0 Å². The first-order valence-electron chi connectivity index (χ1n) is 7.34. The molecular formula is C16H17NO2S. The third-order valence-corrected chi connectivity index (χ3v) is 6.08. The highest BCUT2D eigenvalue weighted by Crippen LogP contribution is 2.42. The van der Waals surface area contributed by atoms with Crippen molar-refractivity contribution >= 4 is 23.6 Å². The zero-order chi connectivity index (χ0) is 13.7. The average Bonchev–Trinajstić information content (AvgIpc) is 3.12. The Balaban J connectivity index is 1.49. The van der Waals surface area contributed by atoms with Gasteiger partial charge < -0.3 is 0 Å². The SMILES string of the molecule is O=C1C2CCCC2C(=O)N1CC1Cc2ccccc2S1. The van der Waals surface area contributed by atoms with Crippen LogP contribution in [0.15, 0.2) is 29.2 Å². The zero-order valence-electron chi connectivity index (χ0n) is 11.2. The predicted molar refractivity (Wildman–Crippen MR) is 77.3 cm³/mol. The van der Waals surface area contributed by atoms with Crippen LogP contribution in [0.1, 0.15) is 24.8 Å². The van der Waals surface area contributed by atoms with Crippen molar-refractivity contribution in [2.75, 3.05) is 6.54 Å². The number of carbonyl (C=O) groups excluding carboxylic acids is 2. The van der Waals surface area contributed by atoms with Crippen LogP contribution in [0.3, 0.4) is 0 Å². The number of imide groups is 1. The van der Waals surface area contributed by atoms with E-state index in [1.807, 2.05) is 17.8 Å². The topological polar surface area (TPSA) is 37.4 Å². The van der Waals surface area contributed by atoms with Gasteiger partial charge in [-0.15, -0.1) is 11.8 Å². The van der Waals surface area contributed by atoms with Crippen LogP contribution in [0.25, 0.3) is 0 Å². The lowest BCUT2D eigenvalue weighted by molar-refractivity contribution is -0.140. The van der Waals surface area contributed by atoms with Crippen molar-refractivity contribution < 1.29 is 9.59 Å². The maximum atomic E-state index is 12.4. The van der Waals surface area contributed by atoms with E-state index >= 15 is 0 Å². The van der Waals surface area contributed by atoms with Gasteiger partial charge in [0.05, 0.1) is 11.8 Å². The summed E-state index contributed by atoms with van der Waals surface area (Å²) in [5, 5.41) is 0.333. The summed E-state index contributed by atoms with van der Waals surface area (Å²) >= 11 is 1.81. The minimum atomic E-state index is -0.00345. The molecule has 2 amide bonds. The van der Waals surface area contributed by atoms with Crippen LogP contribution in [0, 0.1) is 11.8 Å². The molecule has 3 aliphatic rings. The molecule has 1 aromatic rings. The number of carbonyl (C=O) groups is 2. The summed E-state index contributed by atoms with van der Waals surface area (Å²) in [5.41, 5.74) is 1.35. The van der Waals surface area contributed by atoms with Gasteiger partial charge in [-0.25, -0.2) is 0 Å². The molecule has 0 aromatic heterocycles. The molecule has 3 nitrogen and oxygen atoms in total. The summed E-state index contributed by atoms with van der Waals surface area (Å²) in [6.07, 6.45) is 3.81. The fraction of sp³-hybridized carbons (Fsp3) is 0.500. The van der Waals surface area contributed by atoms with Gasteiger partial charge in [0, 0.05) is 16.7 Å². The molecule has 4 rings (SSSR count). The number of hydrogen-bond donors (Lipinski definition) is 0. The van der Waals surface area contributed by atoms with E-state index in [0.717, 1.165) is 25.7 Å². The molecule has 1 aromatic carbocycles. The number of amides is 2. The Labute approximate surface area is 122 Å². The molecule has 0 radical (unpaired) electrons. The second-order valence-corrected chi connectivity index (χ2v) is 7.32. The number of hydrogen-bond acceptors (Lipinski definition) is 3. The van der Waals surface area contributed by atoms with Crippen LogP contribution in [-0.2, 0) is 16.0 Å². The Bertz CT molecular complexity index is 539. The van der Waals surface area contributed by atoms with Gasteiger partial charge in [-0.05, 0) is 30.9 Å². The lowest BCUT2D eigenvalue weighted by atomic mass is 10.00. The molecule has 3 atom stereocenters. The normalized spacial score (nSPS) is 31.8. The lowest BCUT2D eigenvalue weighted by Crippen LogP contribution is -2.37. The second kappa shape index (κ2) is 4.62. The Morgan fingerprint density at radius 1 is 1.10 bits per heavy atom. The lowest BCUT2D eigenvalue weighted by Gasteiger charge is -2.19. The van der Waals surface area contributed by atoms with E-state index in [9.17, 15) is 9.59 Å². The van der Waals surface area contributed by atoms with Crippen LogP contribution in [-0.4, -0.2) is 28.5 Å². The van der Waals surface area contributed by atoms with E-state index in [2.05, 4.69) is 18.2 Å². The molecule has 2 aliphatic heterocycles. The van der Waals surface area contributed by atoms with Crippen molar-refractivity contribution in [1.29, 1.82) is 0 Å². The number of fused-ring (bicyclic) bond motifs is 2. The van der Waals surface area contributed by atoms with Crippen molar-refractivity contribution in [3.63, 3.8) is 0 Å². The summed E-state index contributed by atoms with van der Waals surface area (Å²) in [5.74, 6) is 0.177. The highest BCUT2D eigenvalue weighted by Gasteiger charge is 2.50. The van der Waals surface area contributed by atoms with Crippen molar-refractivity contribution in [1.82, 2.24) is 4.90 Å². The first-order valence-corrected chi connectivity index (χ1v) is 8.22. The molecule has 104 valence electrons. The highest BCUT2D eigenvalue weighted by molar-refractivity contribution is 8.00.